The second-order valence-corrected chi connectivity index (χ2v) is 5.07. The molecule has 2 aromatic rings. The van der Waals surface area contributed by atoms with Crippen molar-refractivity contribution in [2.75, 3.05) is 0 Å². The van der Waals surface area contributed by atoms with E-state index in [1.54, 1.807) is 11.3 Å². The van der Waals surface area contributed by atoms with Gasteiger partial charge in [0.1, 0.15) is 0 Å². The van der Waals surface area contributed by atoms with Crippen molar-refractivity contribution in [1.82, 2.24) is 9.55 Å². The Balaban J connectivity index is 2.11. The molecule has 0 spiro atoms. The molecule has 0 aliphatic carbocycles. The molecule has 0 aliphatic rings. The molecule has 0 bridgehead atoms. The fourth-order valence-electron chi connectivity index (χ4n) is 1.49. The van der Waals surface area contributed by atoms with Crippen molar-refractivity contribution in [3.8, 4) is 0 Å². The molecule has 0 amide bonds. The molecular formula is C11H15N3S. The van der Waals surface area contributed by atoms with Crippen LogP contribution in [0, 0.1) is 6.92 Å². The Kier molecular flexibility index (Phi) is 2.88. The van der Waals surface area contributed by atoms with Crippen LogP contribution in [0.25, 0.3) is 0 Å². The van der Waals surface area contributed by atoms with Gasteiger partial charge in [0, 0.05) is 29.5 Å². The summed E-state index contributed by atoms with van der Waals surface area (Å²) in [5.74, 6) is 0. The number of thiazole rings is 1. The predicted octanol–water partition coefficient (Wildman–Crippen LogP) is 2.32. The average molecular weight is 221 g/mol. The number of aromatic nitrogens is 2. The Morgan fingerprint density at radius 3 is 2.93 bits per heavy atom. The van der Waals surface area contributed by atoms with Gasteiger partial charge in [0.15, 0.2) is 0 Å². The first kappa shape index (κ1) is 10.4. The zero-order valence-electron chi connectivity index (χ0n) is 8.97. The Bertz CT molecular complexity index is 442. The number of nitrogens with zero attached hydrogens (tertiary/aromatic N) is 2. The van der Waals surface area contributed by atoms with E-state index in [1.165, 1.54) is 10.4 Å². The highest BCUT2D eigenvalue weighted by molar-refractivity contribution is 7.11. The first-order valence-corrected chi connectivity index (χ1v) is 5.79. The first-order valence-electron chi connectivity index (χ1n) is 4.97. The molecule has 1 unspecified atom stereocenters. The Hall–Kier alpha value is -1.13. The maximum absolute atomic E-state index is 5.80. The lowest BCUT2D eigenvalue weighted by atomic mass is 10.2. The number of hydrogen-bond acceptors (Lipinski definition) is 3. The van der Waals surface area contributed by atoms with E-state index in [1.807, 2.05) is 20.0 Å². The highest BCUT2D eigenvalue weighted by Gasteiger charge is 2.03. The van der Waals surface area contributed by atoms with Crippen LogP contribution < -0.4 is 5.73 Å². The molecule has 0 saturated heterocycles. The van der Waals surface area contributed by atoms with Crippen LogP contribution in [0.2, 0.25) is 0 Å². The van der Waals surface area contributed by atoms with Crippen LogP contribution in [0.4, 0.5) is 0 Å². The van der Waals surface area contributed by atoms with Gasteiger partial charge < -0.3 is 10.3 Å². The van der Waals surface area contributed by atoms with Crippen LogP contribution in [0.5, 0.6) is 0 Å². The second-order valence-electron chi connectivity index (χ2n) is 3.75. The third-order valence-corrected chi connectivity index (χ3v) is 3.20. The van der Waals surface area contributed by atoms with Gasteiger partial charge in [-0.25, -0.2) is 4.98 Å². The van der Waals surface area contributed by atoms with Crippen molar-refractivity contribution < 1.29 is 0 Å². The third-order valence-electron chi connectivity index (χ3n) is 2.31. The van der Waals surface area contributed by atoms with Crippen molar-refractivity contribution in [1.29, 1.82) is 0 Å². The lowest BCUT2D eigenvalue weighted by molar-refractivity contribution is 0.783. The molecule has 0 saturated carbocycles. The van der Waals surface area contributed by atoms with Gasteiger partial charge in [-0.3, -0.25) is 0 Å². The van der Waals surface area contributed by atoms with E-state index >= 15 is 0 Å². The van der Waals surface area contributed by atoms with Gasteiger partial charge in [-0.1, -0.05) is 0 Å². The van der Waals surface area contributed by atoms with Gasteiger partial charge in [-0.05, 0) is 25.5 Å². The molecule has 2 heterocycles. The molecule has 0 radical (unpaired) electrons. The normalized spacial score (nSPS) is 13.0. The van der Waals surface area contributed by atoms with Crippen molar-refractivity contribution in [2.45, 2.75) is 26.4 Å². The van der Waals surface area contributed by atoms with Crippen molar-refractivity contribution in [3.05, 3.63) is 40.1 Å². The molecule has 2 rings (SSSR count). The summed E-state index contributed by atoms with van der Waals surface area (Å²) in [7, 11) is 0. The zero-order chi connectivity index (χ0) is 10.8. The van der Waals surface area contributed by atoms with Crippen LogP contribution in [-0.4, -0.2) is 9.55 Å². The zero-order valence-corrected chi connectivity index (χ0v) is 9.79. The summed E-state index contributed by atoms with van der Waals surface area (Å²) in [4.78, 5) is 5.51. The van der Waals surface area contributed by atoms with Crippen molar-refractivity contribution >= 4 is 11.3 Å². The van der Waals surface area contributed by atoms with Crippen LogP contribution >= 0.6 is 11.3 Å². The molecule has 3 nitrogen and oxygen atoms in total. The van der Waals surface area contributed by atoms with Gasteiger partial charge in [-0.15, -0.1) is 11.3 Å². The minimum absolute atomic E-state index is 0.106. The molecule has 0 fully saturated rings. The van der Waals surface area contributed by atoms with E-state index in [-0.39, 0.29) is 6.04 Å². The van der Waals surface area contributed by atoms with Crippen LogP contribution in [0.1, 0.15) is 28.4 Å². The van der Waals surface area contributed by atoms with E-state index in [0.29, 0.717) is 0 Å². The summed E-state index contributed by atoms with van der Waals surface area (Å²) < 4.78 is 2.14. The highest BCUT2D eigenvalue weighted by atomic mass is 32.1. The fourth-order valence-corrected chi connectivity index (χ4v) is 2.29. The van der Waals surface area contributed by atoms with E-state index < -0.39 is 0 Å². The summed E-state index contributed by atoms with van der Waals surface area (Å²) in [6.07, 6.45) is 6.10. The molecule has 4 heteroatoms. The molecule has 0 aliphatic heterocycles. The van der Waals surface area contributed by atoms with Crippen molar-refractivity contribution in [3.63, 3.8) is 0 Å². The summed E-state index contributed by atoms with van der Waals surface area (Å²) in [6.45, 7) is 4.91. The topological polar surface area (TPSA) is 43.8 Å². The molecule has 1 atom stereocenters. The molecule has 2 aromatic heterocycles. The average Bonchev–Trinajstić information content (AvgIpc) is 2.76. The van der Waals surface area contributed by atoms with E-state index in [9.17, 15) is 0 Å². The lowest BCUT2D eigenvalue weighted by Crippen LogP contribution is -2.03. The molecule has 2 N–H and O–H groups in total. The minimum atomic E-state index is 0.106. The number of nitrogens with two attached hydrogens (primary N) is 1. The third kappa shape index (κ3) is 2.46. The highest BCUT2D eigenvalue weighted by Crippen LogP contribution is 2.15. The number of aryl methyl sites for hydroxylation is 1. The lowest BCUT2D eigenvalue weighted by Gasteiger charge is -2.01. The van der Waals surface area contributed by atoms with Crippen LogP contribution in [0.15, 0.2) is 24.7 Å². The second kappa shape index (κ2) is 4.16. The van der Waals surface area contributed by atoms with Gasteiger partial charge in [-0.2, -0.15) is 0 Å². The number of hydrogen-bond donors (Lipinski definition) is 1. The summed E-state index contributed by atoms with van der Waals surface area (Å²) >= 11 is 1.74. The largest absolute Gasteiger partial charge is 0.349 e. The van der Waals surface area contributed by atoms with Gasteiger partial charge in [0.25, 0.3) is 0 Å². The summed E-state index contributed by atoms with van der Waals surface area (Å²) in [6, 6.07) is 2.17. The van der Waals surface area contributed by atoms with E-state index in [0.717, 1.165) is 11.6 Å². The molecule has 0 aromatic carbocycles. The molecule has 80 valence electrons. The smallest absolute Gasteiger partial charge is 0.0897 e. The maximum Gasteiger partial charge on any atom is 0.0897 e. The summed E-state index contributed by atoms with van der Waals surface area (Å²) in [5, 5.41) is 1.12. The van der Waals surface area contributed by atoms with Gasteiger partial charge >= 0.3 is 0 Å². The van der Waals surface area contributed by atoms with Crippen LogP contribution in [-0.2, 0) is 6.54 Å². The standard InChI is InChI=1S/C11H15N3S/c1-8(12)10-3-4-14(6-10)7-11-5-13-9(2)15-11/h3-6,8H,7,12H2,1-2H3. The van der Waals surface area contributed by atoms with E-state index in [4.69, 9.17) is 5.73 Å². The van der Waals surface area contributed by atoms with Gasteiger partial charge in [0.2, 0.25) is 0 Å². The summed E-state index contributed by atoms with van der Waals surface area (Å²) in [5.41, 5.74) is 6.98. The Morgan fingerprint density at radius 2 is 2.40 bits per heavy atom. The quantitative estimate of drug-likeness (QED) is 0.864. The monoisotopic (exact) mass is 221 g/mol. The fraction of sp³-hybridized carbons (Fsp3) is 0.364. The maximum atomic E-state index is 5.80. The van der Waals surface area contributed by atoms with Crippen molar-refractivity contribution in [2.24, 2.45) is 5.73 Å². The number of rotatable bonds is 3. The Morgan fingerprint density at radius 1 is 1.60 bits per heavy atom. The Labute approximate surface area is 93.6 Å². The predicted molar refractivity (Wildman–Crippen MR) is 63.0 cm³/mol. The van der Waals surface area contributed by atoms with E-state index in [2.05, 4.69) is 28.0 Å². The first-order chi connectivity index (χ1) is 7.15. The van der Waals surface area contributed by atoms with Crippen LogP contribution in [0.3, 0.4) is 0 Å². The van der Waals surface area contributed by atoms with Gasteiger partial charge in [0.05, 0.1) is 11.6 Å². The minimum Gasteiger partial charge on any atom is -0.349 e. The molecule has 15 heavy (non-hydrogen) atoms. The molecular weight excluding hydrogens is 206 g/mol. The SMILES string of the molecule is Cc1ncc(Cn2ccc(C(C)N)c2)s1.